The van der Waals surface area contributed by atoms with E-state index in [4.69, 9.17) is 0 Å². The van der Waals surface area contributed by atoms with Gasteiger partial charge in [-0.3, -0.25) is 14.6 Å². The quantitative estimate of drug-likeness (QED) is 0.905. The lowest BCUT2D eigenvalue weighted by atomic mass is 9.85. The first kappa shape index (κ1) is 16.4. The van der Waals surface area contributed by atoms with Gasteiger partial charge in [-0.15, -0.1) is 0 Å². The van der Waals surface area contributed by atoms with Crippen LogP contribution in [-0.2, 0) is 4.79 Å². The fraction of sp³-hybridized carbons (Fsp3) is 0.421. The van der Waals surface area contributed by atoms with E-state index in [1.165, 1.54) is 0 Å². The third-order valence-corrected chi connectivity index (χ3v) is 4.35. The Labute approximate surface area is 141 Å². The summed E-state index contributed by atoms with van der Waals surface area (Å²) in [5.74, 6) is -0.0250. The van der Waals surface area contributed by atoms with Crippen LogP contribution in [0.25, 0.3) is 10.9 Å². The zero-order chi connectivity index (χ0) is 17.3. The summed E-state index contributed by atoms with van der Waals surface area (Å²) < 4.78 is 0. The minimum atomic E-state index is -0.152. The lowest BCUT2D eigenvalue weighted by Gasteiger charge is -2.24. The van der Waals surface area contributed by atoms with Gasteiger partial charge < -0.3 is 10.6 Å². The van der Waals surface area contributed by atoms with Gasteiger partial charge in [0, 0.05) is 28.7 Å². The summed E-state index contributed by atoms with van der Waals surface area (Å²) in [4.78, 5) is 29.3. The predicted octanol–water partition coefficient (Wildman–Crippen LogP) is 3.42. The number of amides is 2. The Morgan fingerprint density at radius 3 is 2.58 bits per heavy atom. The molecule has 1 aliphatic carbocycles. The molecule has 0 atom stereocenters. The van der Waals surface area contributed by atoms with Crippen LogP contribution in [0.2, 0.25) is 0 Å². The summed E-state index contributed by atoms with van der Waals surface area (Å²) in [6.07, 6.45) is 2.99. The molecular weight excluding hydrogens is 302 g/mol. The van der Waals surface area contributed by atoms with Crippen molar-refractivity contribution in [3.05, 3.63) is 35.5 Å². The normalized spacial score (nSPS) is 14.5. The molecule has 1 saturated carbocycles. The van der Waals surface area contributed by atoms with Crippen LogP contribution in [0.3, 0.4) is 0 Å². The molecule has 0 bridgehead atoms. The number of benzene rings is 1. The van der Waals surface area contributed by atoms with Gasteiger partial charge >= 0.3 is 0 Å². The van der Waals surface area contributed by atoms with E-state index >= 15 is 0 Å². The number of carbonyl (C=O) groups excluding carboxylic acids is 2. The van der Waals surface area contributed by atoms with Crippen molar-refractivity contribution < 1.29 is 9.59 Å². The fourth-order valence-corrected chi connectivity index (χ4v) is 2.85. The molecule has 2 N–H and O–H groups in total. The molecular formula is C19H23N3O2. The van der Waals surface area contributed by atoms with Crippen LogP contribution in [-0.4, -0.2) is 22.8 Å². The maximum Gasteiger partial charge on any atom is 0.252 e. The van der Waals surface area contributed by atoms with Crippen LogP contribution in [0.5, 0.6) is 0 Å². The van der Waals surface area contributed by atoms with Gasteiger partial charge in [-0.05, 0) is 51.8 Å². The minimum Gasteiger partial charge on any atom is -0.350 e. The molecule has 0 saturated heterocycles. The topological polar surface area (TPSA) is 71.1 Å². The molecule has 0 radical (unpaired) electrons. The third kappa shape index (κ3) is 3.40. The van der Waals surface area contributed by atoms with Crippen molar-refractivity contribution in [2.75, 3.05) is 5.32 Å². The van der Waals surface area contributed by atoms with Crippen molar-refractivity contribution >= 4 is 28.4 Å². The Bertz CT molecular complexity index is 795. The Morgan fingerprint density at radius 1 is 1.21 bits per heavy atom. The number of carbonyl (C=O) groups is 2. The summed E-state index contributed by atoms with van der Waals surface area (Å²) >= 11 is 0. The summed E-state index contributed by atoms with van der Waals surface area (Å²) in [7, 11) is 0. The van der Waals surface area contributed by atoms with Crippen LogP contribution in [0.1, 0.15) is 49.2 Å². The number of fused-ring (bicyclic) bond motifs is 1. The number of hydrogen-bond acceptors (Lipinski definition) is 3. The van der Waals surface area contributed by atoms with Crippen molar-refractivity contribution in [1.82, 2.24) is 10.3 Å². The number of nitrogens with zero attached hydrogens (tertiary/aromatic N) is 1. The zero-order valence-corrected chi connectivity index (χ0v) is 14.3. The average molecular weight is 325 g/mol. The van der Waals surface area contributed by atoms with Crippen LogP contribution < -0.4 is 10.6 Å². The smallest absolute Gasteiger partial charge is 0.252 e. The Balaban J connectivity index is 1.99. The van der Waals surface area contributed by atoms with Crippen LogP contribution in [0, 0.1) is 12.8 Å². The monoisotopic (exact) mass is 325 g/mol. The molecule has 0 aliphatic heterocycles. The molecule has 2 aromatic rings. The van der Waals surface area contributed by atoms with Gasteiger partial charge in [-0.25, -0.2) is 0 Å². The largest absolute Gasteiger partial charge is 0.350 e. The van der Waals surface area contributed by atoms with E-state index in [9.17, 15) is 9.59 Å². The van der Waals surface area contributed by atoms with Gasteiger partial charge in [-0.2, -0.15) is 0 Å². The highest BCUT2D eigenvalue weighted by Crippen LogP contribution is 2.29. The third-order valence-electron chi connectivity index (χ3n) is 4.35. The van der Waals surface area contributed by atoms with Crippen molar-refractivity contribution in [2.24, 2.45) is 5.92 Å². The van der Waals surface area contributed by atoms with Crippen LogP contribution >= 0.6 is 0 Å². The lowest BCUT2D eigenvalue weighted by molar-refractivity contribution is -0.122. The van der Waals surface area contributed by atoms with Crippen LogP contribution in [0.4, 0.5) is 5.69 Å². The molecule has 1 fully saturated rings. The maximum atomic E-state index is 12.5. The summed E-state index contributed by atoms with van der Waals surface area (Å²) in [6.45, 7) is 5.75. The first-order valence-corrected chi connectivity index (χ1v) is 8.47. The number of nitrogens with one attached hydrogen (secondary N) is 2. The molecule has 24 heavy (non-hydrogen) atoms. The highest BCUT2D eigenvalue weighted by atomic mass is 16.2. The number of aromatic nitrogens is 1. The SMILES string of the molecule is Cc1ccc2c(C(=O)NC(C)C)cc(NC(=O)C3CCC3)cc2n1. The van der Waals surface area contributed by atoms with E-state index in [2.05, 4.69) is 15.6 Å². The molecule has 0 unspecified atom stereocenters. The summed E-state index contributed by atoms with van der Waals surface area (Å²) in [6, 6.07) is 7.42. The van der Waals surface area contributed by atoms with Crippen LogP contribution in [0.15, 0.2) is 24.3 Å². The Kier molecular flexibility index (Phi) is 4.51. The van der Waals surface area contributed by atoms with Gasteiger partial charge in [0.25, 0.3) is 5.91 Å². The molecule has 1 aromatic carbocycles. The second-order valence-electron chi connectivity index (χ2n) is 6.79. The van der Waals surface area contributed by atoms with Gasteiger partial charge in [-0.1, -0.05) is 12.5 Å². The van der Waals surface area contributed by atoms with E-state index in [-0.39, 0.29) is 23.8 Å². The summed E-state index contributed by atoms with van der Waals surface area (Å²) in [5.41, 5.74) is 2.76. The summed E-state index contributed by atoms with van der Waals surface area (Å²) in [5, 5.41) is 6.65. The highest BCUT2D eigenvalue weighted by Gasteiger charge is 2.25. The number of anilines is 1. The lowest BCUT2D eigenvalue weighted by Crippen LogP contribution is -2.31. The zero-order valence-electron chi connectivity index (χ0n) is 14.3. The highest BCUT2D eigenvalue weighted by molar-refractivity contribution is 6.08. The fourth-order valence-electron chi connectivity index (χ4n) is 2.85. The Morgan fingerprint density at radius 2 is 1.96 bits per heavy atom. The van der Waals surface area contributed by atoms with E-state index in [0.717, 1.165) is 35.9 Å². The second kappa shape index (κ2) is 6.59. The van der Waals surface area contributed by atoms with E-state index < -0.39 is 0 Å². The van der Waals surface area contributed by atoms with E-state index in [1.807, 2.05) is 39.0 Å². The van der Waals surface area contributed by atoms with Crippen molar-refractivity contribution in [3.63, 3.8) is 0 Å². The Hall–Kier alpha value is -2.43. The first-order chi connectivity index (χ1) is 11.4. The second-order valence-corrected chi connectivity index (χ2v) is 6.79. The predicted molar refractivity (Wildman–Crippen MR) is 95.1 cm³/mol. The molecule has 5 heteroatoms. The van der Waals surface area contributed by atoms with E-state index in [1.54, 1.807) is 6.07 Å². The first-order valence-electron chi connectivity index (χ1n) is 8.47. The minimum absolute atomic E-state index is 0.0310. The van der Waals surface area contributed by atoms with Gasteiger partial charge in [0.2, 0.25) is 5.91 Å². The van der Waals surface area contributed by atoms with Gasteiger partial charge in [0.1, 0.15) is 0 Å². The average Bonchev–Trinajstić information content (AvgIpc) is 2.43. The van der Waals surface area contributed by atoms with Crippen molar-refractivity contribution in [3.8, 4) is 0 Å². The molecule has 3 rings (SSSR count). The number of aryl methyl sites for hydroxylation is 1. The standard InChI is InChI=1S/C19H23N3O2/c1-11(2)20-19(24)16-9-14(22-18(23)13-5-4-6-13)10-17-15(16)8-7-12(3)21-17/h7-11,13H,4-6H2,1-3H3,(H,20,24)(H,22,23). The molecule has 1 heterocycles. The van der Waals surface area contributed by atoms with Crippen molar-refractivity contribution in [1.29, 1.82) is 0 Å². The molecule has 1 aliphatic rings. The molecule has 2 amide bonds. The van der Waals surface area contributed by atoms with E-state index in [0.29, 0.717) is 11.3 Å². The van der Waals surface area contributed by atoms with Gasteiger partial charge in [0.15, 0.2) is 0 Å². The molecule has 0 spiro atoms. The number of hydrogen-bond donors (Lipinski definition) is 2. The molecule has 126 valence electrons. The molecule has 1 aromatic heterocycles. The number of rotatable bonds is 4. The maximum absolute atomic E-state index is 12.5. The number of pyridine rings is 1. The van der Waals surface area contributed by atoms with Gasteiger partial charge in [0.05, 0.1) is 11.1 Å². The molecule has 5 nitrogen and oxygen atoms in total. The van der Waals surface area contributed by atoms with Crippen molar-refractivity contribution in [2.45, 2.75) is 46.1 Å².